The molecule has 0 fully saturated rings. The molecule has 0 aliphatic carbocycles. The topological polar surface area (TPSA) is 156 Å². The van der Waals surface area contributed by atoms with E-state index in [4.69, 9.17) is 15.6 Å². The lowest BCUT2D eigenvalue weighted by molar-refractivity contribution is -0.192. The summed E-state index contributed by atoms with van der Waals surface area (Å²) in [4.78, 5) is 35.7. The molecule has 35 heavy (non-hydrogen) atoms. The molecule has 0 unspecified atom stereocenters. The van der Waals surface area contributed by atoms with Crippen molar-refractivity contribution in [1.29, 1.82) is 0 Å². The first kappa shape index (κ1) is 27.0. The number of carboxylic acids is 1. The summed E-state index contributed by atoms with van der Waals surface area (Å²) in [6.45, 7) is -0.343. The number of aromatic nitrogens is 6. The third-order valence-corrected chi connectivity index (χ3v) is 4.24. The Morgan fingerprint density at radius 2 is 1.80 bits per heavy atom. The van der Waals surface area contributed by atoms with Crippen molar-refractivity contribution >= 4 is 11.8 Å². The lowest BCUT2D eigenvalue weighted by Crippen LogP contribution is -2.21. The van der Waals surface area contributed by atoms with Crippen molar-refractivity contribution < 1.29 is 31.9 Å². The second kappa shape index (κ2) is 11.3. The highest BCUT2D eigenvalue weighted by molar-refractivity contribution is 5.73. The maximum Gasteiger partial charge on any atom is 0.490 e. The number of nitrogens with zero attached hydrogens (tertiary/aromatic N) is 6. The number of halogens is 5. The van der Waals surface area contributed by atoms with Gasteiger partial charge < -0.3 is 15.7 Å². The highest BCUT2D eigenvalue weighted by Crippen LogP contribution is 2.19. The maximum atomic E-state index is 12.9. The van der Waals surface area contributed by atoms with E-state index >= 15 is 0 Å². The Balaban J connectivity index is 0.000000540. The summed E-state index contributed by atoms with van der Waals surface area (Å²) in [5, 5.41) is 13.1. The second-order valence-corrected chi connectivity index (χ2v) is 6.89. The number of nitrogens with one attached hydrogen (secondary N) is 1. The molecule has 0 aliphatic rings. The molecule has 0 atom stereocenters. The number of aromatic amines is 1. The maximum absolute atomic E-state index is 12.9. The Kier molecular flexibility index (Phi) is 8.71. The van der Waals surface area contributed by atoms with Crippen LogP contribution in [-0.4, -0.2) is 67.6 Å². The molecular formula is C19H19F5N8O3. The fraction of sp³-hybridized carbons (Fsp3) is 0.263. The smallest absolute Gasteiger partial charge is 0.475 e. The summed E-state index contributed by atoms with van der Waals surface area (Å²) in [6, 6.07) is 3.69. The van der Waals surface area contributed by atoms with E-state index in [0.717, 1.165) is 15.9 Å². The van der Waals surface area contributed by atoms with E-state index in [1.54, 1.807) is 6.20 Å². The number of H-pyrrole nitrogens is 1. The molecule has 11 nitrogen and oxygen atoms in total. The van der Waals surface area contributed by atoms with Gasteiger partial charge in [0.15, 0.2) is 5.82 Å². The minimum absolute atomic E-state index is 0.0669. The van der Waals surface area contributed by atoms with Crippen molar-refractivity contribution in [2.24, 2.45) is 5.73 Å². The highest BCUT2D eigenvalue weighted by Gasteiger charge is 2.38. The van der Waals surface area contributed by atoms with E-state index in [1.807, 2.05) is 31.1 Å². The van der Waals surface area contributed by atoms with Gasteiger partial charge in [0.05, 0.1) is 18.1 Å². The zero-order valence-corrected chi connectivity index (χ0v) is 18.2. The molecule has 4 N–H and O–H groups in total. The Labute approximate surface area is 193 Å². The molecule has 0 saturated heterocycles. The first-order valence-electron chi connectivity index (χ1n) is 9.50. The Morgan fingerprint density at radius 1 is 1.14 bits per heavy atom. The molecule has 3 heterocycles. The average Bonchev–Trinajstić information content (AvgIpc) is 3.17. The van der Waals surface area contributed by atoms with Crippen LogP contribution in [-0.2, 0) is 11.2 Å². The average molecular weight is 502 g/mol. The van der Waals surface area contributed by atoms with Gasteiger partial charge in [-0.1, -0.05) is 0 Å². The fourth-order valence-electron chi connectivity index (χ4n) is 2.48. The molecule has 0 bridgehead atoms. The van der Waals surface area contributed by atoms with Crippen LogP contribution in [0.4, 0.5) is 27.8 Å². The van der Waals surface area contributed by atoms with Gasteiger partial charge >= 0.3 is 17.8 Å². The van der Waals surface area contributed by atoms with Crippen molar-refractivity contribution in [2.45, 2.75) is 12.6 Å². The number of rotatable bonds is 6. The van der Waals surface area contributed by atoms with E-state index in [1.165, 1.54) is 12.4 Å². The number of hydrogen-bond donors (Lipinski definition) is 3. The van der Waals surface area contributed by atoms with Crippen LogP contribution in [0.3, 0.4) is 0 Å². The Bertz CT molecular complexity index is 1230. The third-order valence-electron chi connectivity index (χ3n) is 4.24. The van der Waals surface area contributed by atoms with Crippen LogP contribution < -0.4 is 16.3 Å². The van der Waals surface area contributed by atoms with E-state index in [2.05, 4.69) is 25.1 Å². The molecule has 0 aromatic carbocycles. The number of alkyl halides is 3. The van der Waals surface area contributed by atoms with Crippen LogP contribution in [0.25, 0.3) is 17.1 Å². The van der Waals surface area contributed by atoms with E-state index in [-0.39, 0.29) is 30.2 Å². The Hall–Kier alpha value is -4.21. The van der Waals surface area contributed by atoms with Crippen molar-refractivity contribution in [3.8, 4) is 17.1 Å². The van der Waals surface area contributed by atoms with Crippen LogP contribution in [0.1, 0.15) is 5.82 Å². The lowest BCUT2D eigenvalue weighted by atomic mass is 10.2. The van der Waals surface area contributed by atoms with Gasteiger partial charge in [-0.25, -0.2) is 29.2 Å². The van der Waals surface area contributed by atoms with Crippen LogP contribution in [0.2, 0.25) is 0 Å². The molecule has 0 saturated carbocycles. The van der Waals surface area contributed by atoms with Gasteiger partial charge in [-0.3, -0.25) is 4.98 Å². The van der Waals surface area contributed by atoms with E-state index < -0.39 is 23.9 Å². The molecule has 3 rings (SSSR count). The molecule has 3 aromatic heterocycles. The SMILES string of the molecule is CN(C)c1ccc(-c2cnc(-n3c(CC(CN)=C(F)F)n[nH]c3=O)cn2)cn1.O=C(O)C(F)(F)F. The molecule has 0 amide bonds. The van der Waals surface area contributed by atoms with Crippen molar-refractivity contribution in [3.05, 3.63) is 58.7 Å². The zero-order valence-electron chi connectivity index (χ0n) is 18.2. The van der Waals surface area contributed by atoms with Gasteiger partial charge in [0, 0.05) is 44.4 Å². The quantitative estimate of drug-likeness (QED) is 0.428. The monoisotopic (exact) mass is 502 g/mol. The molecule has 0 spiro atoms. The number of nitrogens with two attached hydrogens (primary N) is 1. The third kappa shape index (κ3) is 7.13. The van der Waals surface area contributed by atoms with E-state index in [9.17, 15) is 26.7 Å². The molecule has 0 radical (unpaired) electrons. The van der Waals surface area contributed by atoms with Crippen LogP contribution in [0.5, 0.6) is 0 Å². The van der Waals surface area contributed by atoms with Gasteiger partial charge in [-0.15, -0.1) is 0 Å². The Morgan fingerprint density at radius 3 is 2.23 bits per heavy atom. The van der Waals surface area contributed by atoms with E-state index in [0.29, 0.717) is 5.69 Å². The highest BCUT2D eigenvalue weighted by atomic mass is 19.4. The summed E-state index contributed by atoms with van der Waals surface area (Å²) in [6.07, 6.45) is -2.75. The number of carboxylic acid groups (broad SMARTS) is 1. The van der Waals surface area contributed by atoms with Gasteiger partial charge in [0.2, 0.25) is 0 Å². The summed E-state index contributed by atoms with van der Waals surface area (Å²) < 4.78 is 58.6. The first-order valence-corrected chi connectivity index (χ1v) is 9.50. The second-order valence-electron chi connectivity index (χ2n) is 6.89. The number of anilines is 1. The lowest BCUT2D eigenvalue weighted by Gasteiger charge is -2.11. The molecular weight excluding hydrogens is 483 g/mol. The van der Waals surface area contributed by atoms with Gasteiger partial charge in [-0.2, -0.15) is 27.1 Å². The van der Waals surface area contributed by atoms with Gasteiger partial charge in [-0.05, 0) is 12.1 Å². The van der Waals surface area contributed by atoms with Crippen LogP contribution >= 0.6 is 0 Å². The van der Waals surface area contributed by atoms with Crippen molar-refractivity contribution in [2.75, 3.05) is 25.5 Å². The molecule has 16 heteroatoms. The minimum Gasteiger partial charge on any atom is -0.475 e. The van der Waals surface area contributed by atoms with Crippen molar-refractivity contribution in [3.63, 3.8) is 0 Å². The first-order chi connectivity index (χ1) is 16.3. The van der Waals surface area contributed by atoms with Gasteiger partial charge in [0.1, 0.15) is 11.6 Å². The standard InChI is InChI=1S/C17H18F2N8O.C2HF3O2/c1-26(2)13-4-3-10(7-22-13)12-8-23-15(9-21-12)27-14(24-25-17(27)28)5-11(6-20)16(18)19;3-2(4,5)1(6)7/h3-4,7-9H,5-6,20H2,1-2H3,(H,25,28);(H,6,7). The molecule has 0 aliphatic heterocycles. The summed E-state index contributed by atoms with van der Waals surface area (Å²) >= 11 is 0. The van der Waals surface area contributed by atoms with Gasteiger partial charge in [0.25, 0.3) is 6.08 Å². The molecule has 188 valence electrons. The van der Waals surface area contributed by atoms with Crippen molar-refractivity contribution in [1.82, 2.24) is 29.7 Å². The number of hydrogen-bond acceptors (Lipinski definition) is 8. The molecule has 3 aromatic rings. The van der Waals surface area contributed by atoms with Crippen LogP contribution in [0, 0.1) is 0 Å². The number of carbonyl (C=O) groups is 1. The predicted octanol–water partition coefficient (Wildman–Crippen LogP) is 1.76. The summed E-state index contributed by atoms with van der Waals surface area (Å²) in [7, 11) is 3.77. The normalized spacial score (nSPS) is 10.9. The van der Waals surface area contributed by atoms with Crippen LogP contribution in [0.15, 0.2) is 47.2 Å². The number of aliphatic carboxylic acids is 1. The summed E-state index contributed by atoms with van der Waals surface area (Å²) in [5.74, 6) is -1.73. The fourth-order valence-corrected chi connectivity index (χ4v) is 2.48. The largest absolute Gasteiger partial charge is 0.490 e. The zero-order chi connectivity index (χ0) is 26.3. The predicted molar refractivity (Wildman–Crippen MR) is 113 cm³/mol. The number of pyridine rings is 1. The minimum atomic E-state index is -5.08. The summed E-state index contributed by atoms with van der Waals surface area (Å²) in [5.41, 5.74) is 5.72.